The molecular weight excluding hydrogens is 379 g/mol. The molecule has 1 aromatic heterocycles. The molecule has 1 aromatic carbocycles. The first kappa shape index (κ1) is 19.7. The van der Waals surface area contributed by atoms with Crippen LogP contribution in [-0.2, 0) is 0 Å². The van der Waals surface area contributed by atoms with Crippen molar-refractivity contribution in [3.8, 4) is 0 Å². The summed E-state index contributed by atoms with van der Waals surface area (Å²) in [5, 5.41) is 4.08. The summed E-state index contributed by atoms with van der Waals surface area (Å²) in [4.78, 5) is 15.5. The molecule has 0 aliphatic carbocycles. The number of halogens is 1. The molecule has 1 aliphatic rings. The highest BCUT2D eigenvalue weighted by Gasteiger charge is 2.20. The maximum absolute atomic E-state index is 13.1. The van der Waals surface area contributed by atoms with Gasteiger partial charge < -0.3 is 20.4 Å². The van der Waals surface area contributed by atoms with Crippen LogP contribution in [0.1, 0.15) is 5.56 Å². The Labute approximate surface area is 168 Å². The van der Waals surface area contributed by atoms with E-state index in [9.17, 15) is 4.39 Å². The van der Waals surface area contributed by atoms with Crippen molar-refractivity contribution in [1.82, 2.24) is 15.4 Å². The lowest BCUT2D eigenvalue weighted by molar-refractivity contribution is 0.623. The first-order chi connectivity index (χ1) is 13.4. The van der Waals surface area contributed by atoms with Crippen molar-refractivity contribution in [1.29, 1.82) is 0 Å². The van der Waals surface area contributed by atoms with E-state index in [-0.39, 0.29) is 10.9 Å². The van der Waals surface area contributed by atoms with Gasteiger partial charge in [0.25, 0.3) is 0 Å². The van der Waals surface area contributed by atoms with Gasteiger partial charge in [-0.25, -0.2) is 9.37 Å². The van der Waals surface area contributed by atoms with Crippen molar-refractivity contribution in [2.75, 3.05) is 55.0 Å². The normalized spacial score (nSPS) is 14.4. The fourth-order valence-electron chi connectivity index (χ4n) is 2.96. The zero-order valence-corrected chi connectivity index (χ0v) is 16.7. The number of rotatable bonds is 5. The largest absolute Gasteiger partial charge is 0.375 e. The zero-order chi connectivity index (χ0) is 20.1. The molecule has 0 atom stereocenters. The fraction of sp³-hybridized carbons (Fsp3) is 0.333. The average Bonchev–Trinajstić information content (AvgIpc) is 2.68. The molecule has 1 aliphatic heterocycles. The molecule has 0 bridgehead atoms. The van der Waals surface area contributed by atoms with Crippen molar-refractivity contribution >= 4 is 41.0 Å². The van der Waals surface area contributed by atoms with Gasteiger partial charge in [-0.3, -0.25) is 5.43 Å². The van der Waals surface area contributed by atoms with Gasteiger partial charge in [-0.1, -0.05) is 0 Å². The van der Waals surface area contributed by atoms with Gasteiger partial charge in [-0.05, 0) is 36.5 Å². The van der Waals surface area contributed by atoms with Crippen LogP contribution in [0.2, 0.25) is 0 Å². The van der Waals surface area contributed by atoms with E-state index in [1.54, 1.807) is 24.5 Å². The fourth-order valence-corrected chi connectivity index (χ4v) is 3.01. The molecule has 8 nitrogen and oxygen atoms in total. The predicted octanol–water partition coefficient (Wildman–Crippen LogP) is 1.18. The molecule has 148 valence electrons. The van der Waals surface area contributed by atoms with Gasteiger partial charge in [0.2, 0.25) is 5.95 Å². The SMILES string of the molecule is CN(C)c1nc(N2CCN(c3ccc(F)cc3)CC2)ncc1/C=N/NC(N)=S. The molecule has 1 saturated heterocycles. The van der Waals surface area contributed by atoms with Gasteiger partial charge >= 0.3 is 0 Å². The maximum atomic E-state index is 13.1. The van der Waals surface area contributed by atoms with Gasteiger partial charge in [0.1, 0.15) is 11.6 Å². The molecule has 3 N–H and O–H groups in total. The molecule has 2 heterocycles. The number of benzene rings is 1. The highest BCUT2D eigenvalue weighted by Crippen LogP contribution is 2.21. The minimum absolute atomic E-state index is 0.0965. The van der Waals surface area contributed by atoms with Crippen LogP contribution in [0.3, 0.4) is 0 Å². The predicted molar refractivity (Wildman–Crippen MR) is 115 cm³/mol. The van der Waals surface area contributed by atoms with Gasteiger partial charge in [0.05, 0.1) is 11.8 Å². The third-order valence-corrected chi connectivity index (χ3v) is 4.43. The summed E-state index contributed by atoms with van der Waals surface area (Å²) in [5.74, 6) is 1.19. The number of nitrogens with two attached hydrogens (primary N) is 1. The second-order valence-electron chi connectivity index (χ2n) is 6.53. The highest BCUT2D eigenvalue weighted by atomic mass is 32.1. The first-order valence-electron chi connectivity index (χ1n) is 8.82. The summed E-state index contributed by atoms with van der Waals surface area (Å²) in [6, 6.07) is 6.59. The number of piperazine rings is 1. The molecule has 2 aromatic rings. The van der Waals surface area contributed by atoms with E-state index >= 15 is 0 Å². The Kier molecular flexibility index (Phi) is 6.19. The van der Waals surface area contributed by atoms with Crippen molar-refractivity contribution in [3.63, 3.8) is 0 Å². The molecule has 0 radical (unpaired) electrons. The summed E-state index contributed by atoms with van der Waals surface area (Å²) in [6.45, 7) is 3.18. The number of hydrogen-bond donors (Lipinski definition) is 2. The Morgan fingerprint density at radius 3 is 2.46 bits per heavy atom. The van der Waals surface area contributed by atoms with E-state index < -0.39 is 0 Å². The van der Waals surface area contributed by atoms with Crippen LogP contribution >= 0.6 is 12.2 Å². The first-order valence-corrected chi connectivity index (χ1v) is 9.23. The summed E-state index contributed by atoms with van der Waals surface area (Å²) in [5.41, 5.74) is 9.67. The van der Waals surface area contributed by atoms with E-state index in [1.807, 2.05) is 19.0 Å². The minimum atomic E-state index is -0.223. The molecular formula is C18H23FN8S. The number of aromatic nitrogens is 2. The van der Waals surface area contributed by atoms with Crippen LogP contribution in [0.4, 0.5) is 21.8 Å². The maximum Gasteiger partial charge on any atom is 0.227 e. The van der Waals surface area contributed by atoms with Crippen molar-refractivity contribution in [2.24, 2.45) is 10.8 Å². The van der Waals surface area contributed by atoms with E-state index in [4.69, 9.17) is 22.9 Å². The second-order valence-corrected chi connectivity index (χ2v) is 6.97. The number of hydrazone groups is 1. The Bertz CT molecular complexity index is 847. The van der Waals surface area contributed by atoms with Crippen LogP contribution < -0.4 is 25.9 Å². The van der Waals surface area contributed by atoms with Crippen molar-refractivity contribution < 1.29 is 4.39 Å². The molecule has 0 saturated carbocycles. The van der Waals surface area contributed by atoms with Crippen molar-refractivity contribution in [3.05, 3.63) is 41.8 Å². The lowest BCUT2D eigenvalue weighted by Gasteiger charge is -2.36. The summed E-state index contributed by atoms with van der Waals surface area (Å²) >= 11 is 4.73. The van der Waals surface area contributed by atoms with Gasteiger partial charge in [0.15, 0.2) is 5.11 Å². The third kappa shape index (κ3) is 4.83. The van der Waals surface area contributed by atoms with Crippen molar-refractivity contribution in [2.45, 2.75) is 0 Å². The van der Waals surface area contributed by atoms with E-state index in [2.05, 4.69) is 25.3 Å². The molecule has 1 fully saturated rings. The second kappa shape index (κ2) is 8.79. The van der Waals surface area contributed by atoms with Gasteiger partial charge in [-0.2, -0.15) is 10.1 Å². The number of thiocarbonyl (C=S) groups is 1. The monoisotopic (exact) mass is 402 g/mol. The van der Waals surface area contributed by atoms with Gasteiger partial charge in [-0.15, -0.1) is 0 Å². The zero-order valence-electron chi connectivity index (χ0n) is 15.8. The number of hydrogen-bond acceptors (Lipinski definition) is 7. The average molecular weight is 403 g/mol. The standard InChI is InChI=1S/C18H23FN8S/c1-25(2)16-13(12-22-24-17(20)28)11-21-18(23-16)27-9-7-26(8-10-27)15-5-3-14(19)4-6-15/h3-6,11-12H,7-10H2,1-2H3,(H3,20,24,28)/b22-12+. The molecule has 10 heteroatoms. The van der Waals surface area contributed by atoms with E-state index in [1.165, 1.54) is 12.1 Å². The third-order valence-electron chi connectivity index (χ3n) is 4.34. The van der Waals surface area contributed by atoms with Crippen LogP contribution in [0, 0.1) is 5.82 Å². The molecule has 0 amide bonds. The Morgan fingerprint density at radius 1 is 1.21 bits per heavy atom. The molecule has 0 spiro atoms. The number of anilines is 3. The van der Waals surface area contributed by atoms with Crippen LogP contribution in [0.25, 0.3) is 0 Å². The quantitative estimate of drug-likeness (QED) is 0.438. The topological polar surface area (TPSA) is 85.9 Å². The summed E-state index contributed by atoms with van der Waals surface area (Å²) < 4.78 is 13.1. The van der Waals surface area contributed by atoms with E-state index in [0.717, 1.165) is 43.2 Å². The number of nitrogens with one attached hydrogen (secondary N) is 1. The Morgan fingerprint density at radius 2 is 1.86 bits per heavy atom. The van der Waals surface area contributed by atoms with E-state index in [0.29, 0.717) is 5.95 Å². The van der Waals surface area contributed by atoms with Crippen LogP contribution in [-0.4, -0.2) is 61.6 Å². The lowest BCUT2D eigenvalue weighted by Crippen LogP contribution is -2.47. The summed E-state index contributed by atoms with van der Waals surface area (Å²) in [7, 11) is 3.83. The van der Waals surface area contributed by atoms with Gasteiger partial charge in [0, 0.05) is 52.2 Å². The summed E-state index contributed by atoms with van der Waals surface area (Å²) in [6.07, 6.45) is 3.32. The molecule has 3 rings (SSSR count). The number of nitrogens with zero attached hydrogens (tertiary/aromatic N) is 6. The smallest absolute Gasteiger partial charge is 0.227 e. The Hall–Kier alpha value is -3.01. The van der Waals surface area contributed by atoms with Crippen LogP contribution in [0.5, 0.6) is 0 Å². The highest BCUT2D eigenvalue weighted by molar-refractivity contribution is 7.80. The lowest BCUT2D eigenvalue weighted by atomic mass is 10.2. The molecule has 28 heavy (non-hydrogen) atoms. The molecule has 0 unspecified atom stereocenters. The van der Waals surface area contributed by atoms with Crippen LogP contribution in [0.15, 0.2) is 35.6 Å². The Balaban J connectivity index is 1.70. The minimum Gasteiger partial charge on any atom is -0.375 e.